The monoisotopic (exact) mass is 558 g/mol. The van der Waals surface area contributed by atoms with E-state index >= 15 is 0 Å². The summed E-state index contributed by atoms with van der Waals surface area (Å²) in [5.41, 5.74) is 3.62. The number of ether oxygens (including phenoxy) is 2. The zero-order chi connectivity index (χ0) is 25.4. The summed E-state index contributed by atoms with van der Waals surface area (Å²) in [5, 5.41) is 15.2. The lowest BCUT2D eigenvalue weighted by Gasteiger charge is -2.14. The molecule has 0 aromatic heterocycles. The summed E-state index contributed by atoms with van der Waals surface area (Å²) in [6.45, 7) is -0.127. The van der Waals surface area contributed by atoms with Gasteiger partial charge in [0.05, 0.1) is 34.5 Å². The fourth-order valence-electron chi connectivity index (χ4n) is 2.80. The molecule has 0 atom stereocenters. The molecule has 8 nitrogen and oxygen atoms in total. The Bertz CT molecular complexity index is 1310. The Morgan fingerprint density at radius 3 is 2.60 bits per heavy atom. The van der Waals surface area contributed by atoms with E-state index in [1.165, 1.54) is 49.7 Å². The van der Waals surface area contributed by atoms with Crippen LogP contribution in [0, 0.1) is 17.1 Å². The van der Waals surface area contributed by atoms with Crippen molar-refractivity contribution < 1.29 is 23.5 Å². The number of hydrazone groups is 1. The van der Waals surface area contributed by atoms with E-state index in [0.717, 1.165) is 0 Å². The highest BCUT2D eigenvalue weighted by molar-refractivity contribution is 9.10. The van der Waals surface area contributed by atoms with Gasteiger partial charge in [0.1, 0.15) is 12.4 Å². The number of nitrogens with one attached hydrogen (secondary N) is 2. The molecular weight excluding hydrogens is 543 g/mol. The Morgan fingerprint density at radius 2 is 1.94 bits per heavy atom. The fourth-order valence-corrected chi connectivity index (χ4v) is 3.59. The van der Waals surface area contributed by atoms with Gasteiger partial charge in [-0.15, -0.1) is 0 Å². The van der Waals surface area contributed by atoms with Gasteiger partial charge in [0.25, 0.3) is 0 Å². The van der Waals surface area contributed by atoms with Crippen LogP contribution < -0.4 is 20.2 Å². The molecule has 0 spiro atoms. The number of benzene rings is 3. The highest BCUT2D eigenvalue weighted by atomic mass is 79.9. The van der Waals surface area contributed by atoms with Crippen LogP contribution in [0.1, 0.15) is 16.7 Å². The predicted octanol–water partition coefficient (Wildman–Crippen LogP) is 4.79. The van der Waals surface area contributed by atoms with Gasteiger partial charge in [0.2, 0.25) is 0 Å². The summed E-state index contributed by atoms with van der Waals surface area (Å²) in [6, 6.07) is 15.5. The topological polar surface area (TPSA) is 113 Å². The quantitative estimate of drug-likeness (QED) is 0.246. The van der Waals surface area contributed by atoms with E-state index in [-0.39, 0.29) is 17.2 Å². The molecule has 0 radical (unpaired) electrons. The van der Waals surface area contributed by atoms with Gasteiger partial charge >= 0.3 is 11.8 Å². The maximum atomic E-state index is 14.0. The Kier molecular flexibility index (Phi) is 8.78. The highest BCUT2D eigenvalue weighted by Crippen LogP contribution is 2.37. The van der Waals surface area contributed by atoms with Crippen LogP contribution in [0.25, 0.3) is 0 Å². The normalized spacial score (nSPS) is 10.5. The summed E-state index contributed by atoms with van der Waals surface area (Å²) >= 11 is 9.42. The molecule has 2 N–H and O–H groups in total. The van der Waals surface area contributed by atoms with Crippen LogP contribution in [0.4, 0.5) is 10.1 Å². The number of methoxy groups -OCH3 is 1. The van der Waals surface area contributed by atoms with Gasteiger partial charge < -0.3 is 14.8 Å². The van der Waals surface area contributed by atoms with Crippen LogP contribution in [0.15, 0.2) is 64.2 Å². The van der Waals surface area contributed by atoms with Crippen molar-refractivity contribution in [3.05, 3.63) is 86.6 Å². The molecule has 35 heavy (non-hydrogen) atoms. The molecule has 0 fully saturated rings. The maximum Gasteiger partial charge on any atom is 0.329 e. The zero-order valence-corrected chi connectivity index (χ0v) is 20.5. The first-order valence-corrected chi connectivity index (χ1v) is 11.1. The smallest absolute Gasteiger partial charge is 0.329 e. The first-order valence-electron chi connectivity index (χ1n) is 9.90. The number of nitriles is 1. The second-order valence-electron chi connectivity index (χ2n) is 6.87. The van der Waals surface area contributed by atoms with Crippen molar-refractivity contribution in [1.29, 1.82) is 5.26 Å². The Balaban J connectivity index is 1.64. The number of halogens is 3. The third-order valence-corrected chi connectivity index (χ3v) is 5.48. The Labute approximate surface area is 213 Å². The molecule has 3 rings (SSSR count). The molecule has 0 aliphatic carbocycles. The average molecular weight is 560 g/mol. The summed E-state index contributed by atoms with van der Waals surface area (Å²) in [7, 11) is 1.43. The SMILES string of the molecule is COc1cc(C=NNC(=O)C(=O)Nc2ccc(C#N)cc2)cc(Br)c1OCc1c(F)cccc1Cl. The number of hydrogen-bond acceptors (Lipinski definition) is 6. The number of rotatable bonds is 7. The molecule has 0 aliphatic heterocycles. The van der Waals surface area contributed by atoms with Crippen molar-refractivity contribution in [2.45, 2.75) is 6.61 Å². The van der Waals surface area contributed by atoms with Crippen LogP contribution in [0.3, 0.4) is 0 Å². The largest absolute Gasteiger partial charge is 0.493 e. The second-order valence-corrected chi connectivity index (χ2v) is 8.13. The average Bonchev–Trinajstić information content (AvgIpc) is 2.84. The van der Waals surface area contributed by atoms with E-state index in [9.17, 15) is 14.0 Å². The Morgan fingerprint density at radius 1 is 1.20 bits per heavy atom. The van der Waals surface area contributed by atoms with E-state index < -0.39 is 17.6 Å². The number of hydrogen-bond donors (Lipinski definition) is 2. The van der Waals surface area contributed by atoms with Gasteiger partial charge in [0, 0.05) is 11.3 Å². The molecule has 0 aliphatic rings. The third kappa shape index (κ3) is 6.79. The number of amides is 2. The second kappa shape index (κ2) is 12.0. The number of carbonyl (C=O) groups excluding carboxylic acids is 2. The van der Waals surface area contributed by atoms with Crippen molar-refractivity contribution in [3.63, 3.8) is 0 Å². The summed E-state index contributed by atoms with van der Waals surface area (Å²) in [5.74, 6) is -1.78. The minimum atomic E-state index is -0.988. The molecule has 0 bridgehead atoms. The van der Waals surface area contributed by atoms with Crippen LogP contribution in [0.2, 0.25) is 5.02 Å². The van der Waals surface area contributed by atoms with Crippen LogP contribution >= 0.6 is 27.5 Å². The minimum Gasteiger partial charge on any atom is -0.493 e. The summed E-state index contributed by atoms with van der Waals surface area (Å²) in [6.07, 6.45) is 1.30. The number of carbonyl (C=O) groups is 2. The van der Waals surface area contributed by atoms with Crippen molar-refractivity contribution in [3.8, 4) is 17.6 Å². The molecule has 11 heteroatoms. The van der Waals surface area contributed by atoms with Crippen molar-refractivity contribution in [2.75, 3.05) is 12.4 Å². The van der Waals surface area contributed by atoms with Crippen molar-refractivity contribution >= 4 is 51.2 Å². The van der Waals surface area contributed by atoms with Crippen LogP contribution in [-0.4, -0.2) is 25.1 Å². The van der Waals surface area contributed by atoms with Crippen LogP contribution in [-0.2, 0) is 16.2 Å². The van der Waals surface area contributed by atoms with Gasteiger partial charge in [0.15, 0.2) is 11.5 Å². The molecule has 3 aromatic rings. The minimum absolute atomic E-state index is 0.127. The van der Waals surface area contributed by atoms with E-state index in [1.807, 2.05) is 6.07 Å². The van der Waals surface area contributed by atoms with Crippen molar-refractivity contribution in [1.82, 2.24) is 5.43 Å². The Hall–Kier alpha value is -3.94. The van der Waals surface area contributed by atoms with E-state index in [4.69, 9.17) is 26.3 Å². The first-order chi connectivity index (χ1) is 16.8. The molecule has 0 unspecified atom stereocenters. The fraction of sp³-hybridized carbons (Fsp3) is 0.0833. The van der Waals surface area contributed by atoms with Gasteiger partial charge in [-0.3, -0.25) is 9.59 Å². The van der Waals surface area contributed by atoms with Gasteiger partial charge in [-0.25, -0.2) is 9.82 Å². The van der Waals surface area contributed by atoms with Crippen LogP contribution in [0.5, 0.6) is 11.5 Å². The predicted molar refractivity (Wildman–Crippen MR) is 132 cm³/mol. The lowest BCUT2D eigenvalue weighted by molar-refractivity contribution is -0.136. The molecular formula is C24H17BrClFN4O4. The molecule has 0 heterocycles. The standard InChI is InChI=1S/C24H17BrClFN4O4/c1-34-21-10-15(9-18(25)22(21)35-13-17-19(26)3-2-4-20(17)27)12-29-31-24(33)23(32)30-16-7-5-14(11-28)6-8-16/h2-10,12H,13H2,1H3,(H,30,32)(H,31,33). The number of anilines is 1. The zero-order valence-electron chi connectivity index (χ0n) is 18.1. The molecule has 178 valence electrons. The van der Waals surface area contributed by atoms with E-state index in [0.29, 0.717) is 32.8 Å². The summed E-state index contributed by atoms with van der Waals surface area (Å²) < 4.78 is 25.6. The highest BCUT2D eigenvalue weighted by Gasteiger charge is 2.15. The third-order valence-electron chi connectivity index (χ3n) is 4.53. The molecule has 2 amide bonds. The number of nitrogens with zero attached hydrogens (tertiary/aromatic N) is 2. The maximum absolute atomic E-state index is 14.0. The first kappa shape index (κ1) is 25.7. The molecule has 0 saturated heterocycles. The van der Waals surface area contributed by atoms with Gasteiger partial charge in [-0.05, 0) is 70.0 Å². The molecule has 3 aromatic carbocycles. The lowest BCUT2D eigenvalue weighted by atomic mass is 10.2. The van der Waals surface area contributed by atoms with E-state index in [1.54, 1.807) is 18.2 Å². The lowest BCUT2D eigenvalue weighted by Crippen LogP contribution is -2.32. The van der Waals surface area contributed by atoms with E-state index in [2.05, 4.69) is 31.8 Å². The van der Waals surface area contributed by atoms with Gasteiger partial charge in [-0.2, -0.15) is 10.4 Å². The summed E-state index contributed by atoms with van der Waals surface area (Å²) in [4.78, 5) is 24.0. The van der Waals surface area contributed by atoms with Gasteiger partial charge in [-0.1, -0.05) is 17.7 Å². The molecule has 0 saturated carbocycles. The van der Waals surface area contributed by atoms with Crippen molar-refractivity contribution in [2.24, 2.45) is 5.10 Å².